The van der Waals surface area contributed by atoms with Gasteiger partial charge in [0, 0.05) is 56.8 Å². The first kappa shape index (κ1) is 24.9. The van der Waals surface area contributed by atoms with Gasteiger partial charge in [-0.15, -0.1) is 0 Å². The van der Waals surface area contributed by atoms with E-state index in [0.717, 1.165) is 0 Å². The van der Waals surface area contributed by atoms with E-state index in [-0.39, 0.29) is 33.1 Å². The Morgan fingerprint density at radius 1 is 1.00 bits per heavy atom. The molecule has 0 spiro atoms. The van der Waals surface area contributed by atoms with E-state index in [0.29, 0.717) is 42.1 Å². The summed E-state index contributed by atoms with van der Waals surface area (Å²) in [7, 11) is 3.26. The molecular formula is C27H26ClFN4O4. The molecule has 8 nitrogen and oxygen atoms in total. The number of pyridine rings is 1. The minimum absolute atomic E-state index is 0.152. The summed E-state index contributed by atoms with van der Waals surface area (Å²) in [6.07, 6.45) is 3.75. The maximum atomic E-state index is 14.8. The summed E-state index contributed by atoms with van der Waals surface area (Å²) in [4.78, 5) is 27.0. The molecule has 5 rings (SSSR count). The van der Waals surface area contributed by atoms with E-state index < -0.39 is 11.4 Å². The van der Waals surface area contributed by atoms with Gasteiger partial charge in [-0.1, -0.05) is 17.7 Å². The number of aromatic hydroxyl groups is 1. The van der Waals surface area contributed by atoms with Crippen molar-refractivity contribution < 1.29 is 14.6 Å². The lowest BCUT2D eigenvalue weighted by molar-refractivity contribution is 0.0838. The van der Waals surface area contributed by atoms with Crippen LogP contribution in [0.4, 0.5) is 10.2 Å². The first-order valence-electron chi connectivity index (χ1n) is 11.7. The smallest absolute Gasteiger partial charge is 0.332 e. The number of hydrogen-bond donors (Lipinski definition) is 2. The Hall–Kier alpha value is -3.82. The van der Waals surface area contributed by atoms with Gasteiger partial charge < -0.3 is 19.7 Å². The summed E-state index contributed by atoms with van der Waals surface area (Å²) in [6.45, 7) is 2.64. The largest absolute Gasteiger partial charge is 0.507 e. The van der Waals surface area contributed by atoms with E-state index in [1.165, 1.54) is 31.9 Å². The quantitative estimate of drug-likeness (QED) is 0.425. The molecular weight excluding hydrogens is 499 g/mol. The highest BCUT2D eigenvalue weighted by Gasteiger charge is 2.32. The fraction of sp³-hybridized carbons (Fsp3) is 0.259. The number of aryl methyl sites for hydroxylation is 1. The highest BCUT2D eigenvalue weighted by Crippen LogP contribution is 2.41. The van der Waals surface area contributed by atoms with Crippen LogP contribution in [0.2, 0.25) is 5.02 Å². The molecule has 0 unspecified atom stereocenters. The second-order valence-corrected chi connectivity index (χ2v) is 10.2. The standard InChI is InChI=1S/C27H26ClFN4O4/c1-27(37)6-7-32(15-27)23-11-17(12-24(34)31(23)3)20-14-18(29)13-19(25(20)35)16-4-5-22(21(28)10-16)33-9-8-30(2)26(33)36/h4-5,8-14,35,37H,6-7,15H2,1-3H3/t27-/m1/s1. The number of benzene rings is 2. The molecule has 10 heteroatoms. The zero-order valence-corrected chi connectivity index (χ0v) is 21.3. The van der Waals surface area contributed by atoms with Gasteiger partial charge in [-0.05, 0) is 54.8 Å². The number of phenols is 1. The normalized spacial score (nSPS) is 17.5. The molecule has 3 heterocycles. The van der Waals surface area contributed by atoms with E-state index >= 15 is 0 Å². The van der Waals surface area contributed by atoms with Gasteiger partial charge in [0.05, 0.1) is 16.3 Å². The second-order valence-electron chi connectivity index (χ2n) is 9.75. The molecule has 0 bridgehead atoms. The van der Waals surface area contributed by atoms with Gasteiger partial charge in [0.2, 0.25) is 0 Å². The minimum atomic E-state index is -0.878. The number of anilines is 1. The molecule has 2 aromatic carbocycles. The van der Waals surface area contributed by atoms with Crippen LogP contribution in [0.25, 0.3) is 27.9 Å². The van der Waals surface area contributed by atoms with Crippen LogP contribution >= 0.6 is 11.6 Å². The van der Waals surface area contributed by atoms with Crippen LogP contribution in [-0.4, -0.2) is 42.6 Å². The van der Waals surface area contributed by atoms with Gasteiger partial charge in [-0.25, -0.2) is 9.18 Å². The van der Waals surface area contributed by atoms with Crippen molar-refractivity contribution in [2.45, 2.75) is 18.9 Å². The molecule has 37 heavy (non-hydrogen) atoms. The second kappa shape index (κ2) is 8.93. The summed E-state index contributed by atoms with van der Waals surface area (Å²) in [5.41, 5.74) is 0.101. The number of aliphatic hydroxyl groups is 1. The van der Waals surface area contributed by atoms with Gasteiger partial charge >= 0.3 is 5.69 Å². The Morgan fingerprint density at radius 3 is 2.30 bits per heavy atom. The van der Waals surface area contributed by atoms with Crippen molar-refractivity contribution in [2.24, 2.45) is 14.1 Å². The Labute approximate surface area is 217 Å². The maximum absolute atomic E-state index is 14.8. The number of rotatable bonds is 4. The molecule has 1 fully saturated rings. The summed E-state index contributed by atoms with van der Waals surface area (Å²) in [6, 6.07) is 10.2. The molecule has 1 atom stereocenters. The van der Waals surface area contributed by atoms with Crippen LogP contribution < -0.4 is 16.1 Å². The van der Waals surface area contributed by atoms with Crippen LogP contribution in [0.5, 0.6) is 5.75 Å². The van der Waals surface area contributed by atoms with E-state index in [9.17, 15) is 24.2 Å². The first-order chi connectivity index (χ1) is 17.4. The van der Waals surface area contributed by atoms with Crippen LogP contribution in [0.15, 0.2) is 64.4 Å². The van der Waals surface area contributed by atoms with Crippen molar-refractivity contribution in [3.05, 3.63) is 86.5 Å². The SMILES string of the molecule is Cn1ccn(-c2ccc(-c3cc(F)cc(-c4cc(N5CC[C@@](C)(O)C5)n(C)c(=O)c4)c3O)cc2Cl)c1=O. The fourth-order valence-corrected chi connectivity index (χ4v) is 5.05. The number of halogens is 2. The molecule has 0 saturated carbocycles. The van der Waals surface area contributed by atoms with Crippen LogP contribution in [-0.2, 0) is 14.1 Å². The first-order valence-corrected chi connectivity index (χ1v) is 12.1. The van der Waals surface area contributed by atoms with Gasteiger partial charge in [0.1, 0.15) is 17.4 Å². The zero-order chi connectivity index (χ0) is 26.6. The number of hydrogen-bond acceptors (Lipinski definition) is 5. The monoisotopic (exact) mass is 524 g/mol. The number of phenolic OH excluding ortho intramolecular Hbond substituents is 1. The average molecular weight is 525 g/mol. The molecule has 0 amide bonds. The number of β-amino-alcohol motifs (C(OH)–C–C–N with tert-alkyl or cyclic N) is 1. The third-order valence-electron chi connectivity index (χ3n) is 6.86. The van der Waals surface area contributed by atoms with Crippen molar-refractivity contribution >= 4 is 17.4 Å². The van der Waals surface area contributed by atoms with Crippen LogP contribution in [0.1, 0.15) is 13.3 Å². The van der Waals surface area contributed by atoms with E-state index in [1.807, 2.05) is 4.90 Å². The highest BCUT2D eigenvalue weighted by molar-refractivity contribution is 6.32. The molecule has 0 aliphatic carbocycles. The topological polar surface area (TPSA) is 92.6 Å². The Kier molecular flexibility index (Phi) is 6.00. The lowest BCUT2D eigenvalue weighted by atomic mass is 9.97. The summed E-state index contributed by atoms with van der Waals surface area (Å²) in [5, 5.41) is 21.9. The van der Waals surface area contributed by atoms with Crippen molar-refractivity contribution in [3.63, 3.8) is 0 Å². The highest BCUT2D eigenvalue weighted by atomic mass is 35.5. The molecule has 1 aliphatic rings. The Balaban J connectivity index is 1.60. The molecule has 4 aromatic rings. The van der Waals surface area contributed by atoms with Crippen LogP contribution in [0.3, 0.4) is 0 Å². The average Bonchev–Trinajstić information content (AvgIpc) is 3.37. The van der Waals surface area contributed by atoms with Gasteiger partial charge in [0.25, 0.3) is 5.56 Å². The summed E-state index contributed by atoms with van der Waals surface area (Å²) >= 11 is 6.48. The molecule has 192 valence electrons. The maximum Gasteiger partial charge on any atom is 0.332 e. The lowest BCUT2D eigenvalue weighted by Gasteiger charge is -2.24. The number of nitrogens with zero attached hydrogens (tertiary/aromatic N) is 4. The summed E-state index contributed by atoms with van der Waals surface area (Å²) < 4.78 is 19.1. The van der Waals surface area contributed by atoms with Crippen molar-refractivity contribution in [2.75, 3.05) is 18.0 Å². The van der Waals surface area contributed by atoms with Gasteiger partial charge in [-0.3, -0.25) is 13.9 Å². The molecule has 2 aromatic heterocycles. The fourth-order valence-electron chi connectivity index (χ4n) is 4.78. The Bertz CT molecular complexity index is 1650. The molecule has 1 saturated heterocycles. The molecule has 2 N–H and O–H groups in total. The summed E-state index contributed by atoms with van der Waals surface area (Å²) in [5.74, 6) is -0.255. The van der Waals surface area contributed by atoms with Gasteiger partial charge in [-0.2, -0.15) is 0 Å². The third-order valence-corrected chi connectivity index (χ3v) is 7.17. The predicted octanol–water partition coefficient (Wildman–Crippen LogP) is 3.67. The van der Waals surface area contributed by atoms with Crippen molar-refractivity contribution in [1.29, 1.82) is 0 Å². The predicted molar refractivity (Wildman–Crippen MR) is 141 cm³/mol. The van der Waals surface area contributed by atoms with E-state index in [2.05, 4.69) is 0 Å². The van der Waals surface area contributed by atoms with Crippen LogP contribution in [0, 0.1) is 5.82 Å². The van der Waals surface area contributed by atoms with Crippen molar-refractivity contribution in [3.8, 4) is 33.7 Å². The third kappa shape index (κ3) is 4.45. The van der Waals surface area contributed by atoms with E-state index in [4.69, 9.17) is 11.6 Å². The number of aromatic nitrogens is 3. The van der Waals surface area contributed by atoms with Crippen molar-refractivity contribution in [1.82, 2.24) is 13.7 Å². The minimum Gasteiger partial charge on any atom is -0.507 e. The molecule has 0 radical (unpaired) electrons. The Morgan fingerprint density at radius 2 is 1.70 bits per heavy atom. The van der Waals surface area contributed by atoms with E-state index in [1.54, 1.807) is 57.7 Å². The zero-order valence-electron chi connectivity index (χ0n) is 20.6. The van der Waals surface area contributed by atoms with Gasteiger partial charge in [0.15, 0.2) is 0 Å². The number of imidazole rings is 1. The lowest BCUT2D eigenvalue weighted by Crippen LogP contribution is -2.33. The molecule has 1 aliphatic heterocycles.